The van der Waals surface area contributed by atoms with Gasteiger partial charge in [-0.1, -0.05) is 15.9 Å². The number of alkyl halides is 1. The van der Waals surface area contributed by atoms with Crippen LogP contribution < -0.4 is 0 Å². The summed E-state index contributed by atoms with van der Waals surface area (Å²) in [6, 6.07) is 0. The number of aromatic nitrogens is 1. The molecule has 0 saturated heterocycles. The summed E-state index contributed by atoms with van der Waals surface area (Å²) >= 11 is 5.15. The molecule has 62 valence electrons. The standard InChI is InChI=1S/C8H12BrNS/c1-7-10-8(6-11-7)4-2-3-5-9/h6H,2-5H2,1H3. The lowest BCUT2D eigenvalue weighted by molar-refractivity contribution is 0.789. The molecule has 11 heavy (non-hydrogen) atoms. The summed E-state index contributed by atoms with van der Waals surface area (Å²) in [5, 5.41) is 4.44. The molecule has 1 nitrogen and oxygen atoms in total. The summed E-state index contributed by atoms with van der Waals surface area (Å²) in [4.78, 5) is 4.39. The van der Waals surface area contributed by atoms with Gasteiger partial charge in [-0.05, 0) is 26.2 Å². The molecule has 1 heterocycles. The molecule has 0 aromatic carbocycles. The first-order valence-corrected chi connectivity index (χ1v) is 5.80. The SMILES string of the molecule is Cc1nc(CCCCBr)cs1. The number of halogens is 1. The highest BCUT2D eigenvalue weighted by atomic mass is 79.9. The molecule has 0 aliphatic rings. The quantitative estimate of drug-likeness (QED) is 0.576. The molecule has 0 aliphatic carbocycles. The number of rotatable bonds is 4. The van der Waals surface area contributed by atoms with Gasteiger partial charge in [-0.15, -0.1) is 11.3 Å². The molecule has 0 bridgehead atoms. The predicted octanol–water partition coefficient (Wildman–Crippen LogP) is 3.17. The summed E-state index contributed by atoms with van der Waals surface area (Å²) in [5.41, 5.74) is 1.26. The van der Waals surface area contributed by atoms with E-state index in [1.165, 1.54) is 23.5 Å². The minimum Gasteiger partial charge on any atom is -0.247 e. The van der Waals surface area contributed by atoms with Crippen LogP contribution in [0.1, 0.15) is 23.5 Å². The van der Waals surface area contributed by atoms with E-state index in [2.05, 4.69) is 33.2 Å². The Kier molecular flexibility index (Phi) is 4.08. The summed E-state index contributed by atoms with van der Waals surface area (Å²) in [7, 11) is 0. The largest absolute Gasteiger partial charge is 0.247 e. The fourth-order valence-electron chi connectivity index (χ4n) is 0.924. The molecule has 0 radical (unpaired) electrons. The van der Waals surface area contributed by atoms with E-state index < -0.39 is 0 Å². The Balaban J connectivity index is 2.27. The van der Waals surface area contributed by atoms with Crippen LogP contribution in [0.3, 0.4) is 0 Å². The first kappa shape index (κ1) is 9.20. The van der Waals surface area contributed by atoms with Gasteiger partial charge in [0.2, 0.25) is 0 Å². The topological polar surface area (TPSA) is 12.9 Å². The zero-order valence-corrected chi connectivity index (χ0v) is 9.04. The van der Waals surface area contributed by atoms with Crippen molar-refractivity contribution in [2.45, 2.75) is 26.2 Å². The van der Waals surface area contributed by atoms with Crippen molar-refractivity contribution in [3.05, 3.63) is 16.1 Å². The lowest BCUT2D eigenvalue weighted by atomic mass is 10.2. The second-order valence-corrected chi connectivity index (χ2v) is 4.36. The third-order valence-corrected chi connectivity index (χ3v) is 2.87. The van der Waals surface area contributed by atoms with Crippen LogP contribution in [0.15, 0.2) is 5.38 Å². The van der Waals surface area contributed by atoms with Gasteiger partial charge < -0.3 is 0 Å². The van der Waals surface area contributed by atoms with Crippen LogP contribution in [0.25, 0.3) is 0 Å². The number of unbranched alkanes of at least 4 members (excludes halogenated alkanes) is 1. The fourth-order valence-corrected chi connectivity index (χ4v) is 1.97. The van der Waals surface area contributed by atoms with Crippen molar-refractivity contribution in [2.24, 2.45) is 0 Å². The number of hydrogen-bond acceptors (Lipinski definition) is 2. The van der Waals surface area contributed by atoms with E-state index in [4.69, 9.17) is 0 Å². The predicted molar refractivity (Wildman–Crippen MR) is 53.6 cm³/mol. The second kappa shape index (κ2) is 4.88. The van der Waals surface area contributed by atoms with Crippen molar-refractivity contribution >= 4 is 27.3 Å². The van der Waals surface area contributed by atoms with Crippen LogP contribution >= 0.6 is 27.3 Å². The van der Waals surface area contributed by atoms with E-state index in [0.29, 0.717) is 0 Å². The Hall–Kier alpha value is 0.110. The van der Waals surface area contributed by atoms with Crippen molar-refractivity contribution < 1.29 is 0 Å². The third-order valence-electron chi connectivity index (χ3n) is 1.48. The second-order valence-electron chi connectivity index (χ2n) is 2.50. The smallest absolute Gasteiger partial charge is 0.0897 e. The zero-order chi connectivity index (χ0) is 8.10. The zero-order valence-electron chi connectivity index (χ0n) is 6.64. The Morgan fingerprint density at radius 1 is 1.55 bits per heavy atom. The van der Waals surface area contributed by atoms with Crippen molar-refractivity contribution in [1.29, 1.82) is 0 Å². The van der Waals surface area contributed by atoms with Gasteiger partial charge in [0.25, 0.3) is 0 Å². The van der Waals surface area contributed by atoms with Crippen molar-refractivity contribution in [2.75, 3.05) is 5.33 Å². The molecular weight excluding hydrogens is 222 g/mol. The van der Waals surface area contributed by atoms with Crippen LogP contribution in [0.5, 0.6) is 0 Å². The first-order chi connectivity index (χ1) is 5.33. The van der Waals surface area contributed by atoms with E-state index in [1.54, 1.807) is 11.3 Å². The highest BCUT2D eigenvalue weighted by Gasteiger charge is 1.96. The van der Waals surface area contributed by atoms with Gasteiger partial charge in [0, 0.05) is 10.7 Å². The Morgan fingerprint density at radius 2 is 2.36 bits per heavy atom. The number of hydrogen-bond donors (Lipinski definition) is 0. The first-order valence-electron chi connectivity index (χ1n) is 3.80. The third kappa shape index (κ3) is 3.34. The van der Waals surface area contributed by atoms with Gasteiger partial charge >= 0.3 is 0 Å². The van der Waals surface area contributed by atoms with Gasteiger partial charge in [0.1, 0.15) is 0 Å². The van der Waals surface area contributed by atoms with E-state index in [9.17, 15) is 0 Å². The van der Waals surface area contributed by atoms with Gasteiger partial charge in [0.15, 0.2) is 0 Å². The molecular formula is C8H12BrNS. The molecule has 0 spiro atoms. The van der Waals surface area contributed by atoms with Gasteiger partial charge in [-0.25, -0.2) is 4.98 Å². The molecule has 0 unspecified atom stereocenters. The van der Waals surface area contributed by atoms with Crippen LogP contribution in [-0.4, -0.2) is 10.3 Å². The van der Waals surface area contributed by atoms with E-state index in [0.717, 1.165) is 11.8 Å². The molecule has 0 saturated carbocycles. The van der Waals surface area contributed by atoms with Crippen molar-refractivity contribution in [3.8, 4) is 0 Å². The van der Waals surface area contributed by atoms with Crippen molar-refractivity contribution in [1.82, 2.24) is 4.98 Å². The molecule has 0 amide bonds. The molecule has 3 heteroatoms. The maximum absolute atomic E-state index is 4.39. The minimum atomic E-state index is 1.11. The lowest BCUT2D eigenvalue weighted by Crippen LogP contribution is -1.86. The van der Waals surface area contributed by atoms with Gasteiger partial charge in [-0.3, -0.25) is 0 Å². The average molecular weight is 234 g/mol. The monoisotopic (exact) mass is 233 g/mol. The maximum atomic E-state index is 4.39. The minimum absolute atomic E-state index is 1.11. The summed E-state index contributed by atoms with van der Waals surface area (Å²) in [5.74, 6) is 0. The average Bonchev–Trinajstić information content (AvgIpc) is 2.37. The summed E-state index contributed by atoms with van der Waals surface area (Å²) in [6.45, 7) is 2.05. The number of nitrogens with zero attached hydrogens (tertiary/aromatic N) is 1. The van der Waals surface area contributed by atoms with E-state index in [-0.39, 0.29) is 0 Å². The van der Waals surface area contributed by atoms with E-state index >= 15 is 0 Å². The van der Waals surface area contributed by atoms with Crippen LogP contribution in [0, 0.1) is 6.92 Å². The summed E-state index contributed by atoms with van der Waals surface area (Å²) in [6.07, 6.45) is 3.63. The van der Waals surface area contributed by atoms with E-state index in [1.807, 2.05) is 0 Å². The number of aryl methyl sites for hydroxylation is 2. The molecule has 0 atom stereocenters. The molecule has 1 rings (SSSR count). The van der Waals surface area contributed by atoms with Crippen molar-refractivity contribution in [3.63, 3.8) is 0 Å². The maximum Gasteiger partial charge on any atom is 0.0897 e. The normalized spacial score (nSPS) is 10.4. The Bertz CT molecular complexity index is 210. The molecule has 0 N–H and O–H groups in total. The lowest BCUT2D eigenvalue weighted by Gasteiger charge is -1.92. The van der Waals surface area contributed by atoms with Crippen LogP contribution in [0.2, 0.25) is 0 Å². The summed E-state index contributed by atoms with van der Waals surface area (Å²) < 4.78 is 0. The highest BCUT2D eigenvalue weighted by Crippen LogP contribution is 2.10. The molecule has 0 fully saturated rings. The van der Waals surface area contributed by atoms with Gasteiger partial charge in [0.05, 0.1) is 10.7 Å². The Labute approximate surface area is 80.0 Å². The van der Waals surface area contributed by atoms with Crippen LogP contribution in [0.4, 0.5) is 0 Å². The fraction of sp³-hybridized carbons (Fsp3) is 0.625. The molecule has 1 aromatic rings. The highest BCUT2D eigenvalue weighted by molar-refractivity contribution is 9.09. The molecule has 0 aliphatic heterocycles. The van der Waals surface area contributed by atoms with Crippen LogP contribution in [-0.2, 0) is 6.42 Å². The molecule has 1 aromatic heterocycles. The number of thiazole rings is 1. The van der Waals surface area contributed by atoms with Gasteiger partial charge in [-0.2, -0.15) is 0 Å². The Morgan fingerprint density at radius 3 is 2.91 bits per heavy atom.